The number of nitrogen functional groups attached to an aromatic ring is 1. The summed E-state index contributed by atoms with van der Waals surface area (Å²) in [5.74, 6) is 6.65. The molecule has 7 rings (SSSR count). The second kappa shape index (κ2) is 19.5. The normalized spacial score (nSPS) is 16.4. The fraction of sp³-hybridized carbons (Fsp3) is 0.383. The Balaban J connectivity index is 0.00000189. The van der Waals surface area contributed by atoms with Gasteiger partial charge in [-0.15, -0.1) is 0 Å². The van der Waals surface area contributed by atoms with Gasteiger partial charge in [-0.1, -0.05) is 73.2 Å². The SMILES string of the molecule is Cc1ccc(N)cc1C(=O)N[C@H](C)c1ccc(C#CC2CCN(CCCCCCc3cccc4c3n(C)c(=O)n4C3CCC(=O)NC3=O)CC2)c2ccccc12.O=CO. The summed E-state index contributed by atoms with van der Waals surface area (Å²) in [6.45, 7) is 6.89. The van der Waals surface area contributed by atoms with E-state index in [-0.39, 0.29) is 36.4 Å². The summed E-state index contributed by atoms with van der Waals surface area (Å²) in [5.41, 5.74) is 12.6. The van der Waals surface area contributed by atoms with Crippen molar-refractivity contribution in [3.05, 3.63) is 111 Å². The van der Waals surface area contributed by atoms with Gasteiger partial charge in [0.05, 0.1) is 17.1 Å². The molecular formula is C47H54N6O6. The van der Waals surface area contributed by atoms with Crippen LogP contribution in [0.2, 0.25) is 0 Å². The van der Waals surface area contributed by atoms with Crippen LogP contribution in [0.25, 0.3) is 21.8 Å². The number of anilines is 1. The number of aryl methyl sites for hydroxylation is 3. The maximum absolute atomic E-state index is 13.2. The van der Waals surface area contributed by atoms with Crippen molar-refractivity contribution in [1.29, 1.82) is 0 Å². The minimum atomic E-state index is -0.669. The molecule has 0 bridgehead atoms. The van der Waals surface area contributed by atoms with E-state index in [9.17, 15) is 19.2 Å². The number of amides is 3. The first kappa shape index (κ1) is 42.4. The number of fused-ring (bicyclic) bond motifs is 2. The third-order valence-corrected chi connectivity index (χ3v) is 11.7. The molecule has 308 valence electrons. The number of likely N-dealkylation sites (tertiary alicyclic amines) is 1. The quantitative estimate of drug-likeness (QED) is 0.0391. The molecule has 1 unspecified atom stereocenters. The summed E-state index contributed by atoms with van der Waals surface area (Å²) >= 11 is 0. The molecule has 0 aliphatic carbocycles. The lowest BCUT2D eigenvalue weighted by molar-refractivity contribution is -0.135. The van der Waals surface area contributed by atoms with Gasteiger partial charge in [0, 0.05) is 36.2 Å². The van der Waals surface area contributed by atoms with Gasteiger partial charge in [0.1, 0.15) is 6.04 Å². The minimum absolute atomic E-state index is 0.136. The number of hydrogen-bond donors (Lipinski definition) is 4. The number of benzene rings is 4. The molecule has 5 aromatic rings. The fourth-order valence-corrected chi connectivity index (χ4v) is 8.48. The molecule has 59 heavy (non-hydrogen) atoms. The molecule has 2 aliphatic heterocycles. The van der Waals surface area contributed by atoms with E-state index in [2.05, 4.69) is 57.7 Å². The van der Waals surface area contributed by atoms with Crippen molar-refractivity contribution in [2.24, 2.45) is 13.0 Å². The third kappa shape index (κ3) is 9.92. The summed E-state index contributed by atoms with van der Waals surface area (Å²) in [4.78, 5) is 61.6. The lowest BCUT2D eigenvalue weighted by atomic mass is 9.94. The van der Waals surface area contributed by atoms with Crippen LogP contribution in [0.5, 0.6) is 0 Å². The predicted octanol–water partition coefficient (Wildman–Crippen LogP) is 6.42. The Morgan fingerprint density at radius 2 is 1.69 bits per heavy atom. The van der Waals surface area contributed by atoms with Crippen LogP contribution in [0.1, 0.15) is 103 Å². The van der Waals surface area contributed by atoms with Crippen LogP contribution >= 0.6 is 0 Å². The Labute approximate surface area is 344 Å². The summed E-state index contributed by atoms with van der Waals surface area (Å²) in [7, 11) is 1.76. The topological polar surface area (TPSA) is 169 Å². The molecule has 0 spiro atoms. The van der Waals surface area contributed by atoms with Crippen LogP contribution in [0.15, 0.2) is 77.6 Å². The molecule has 3 heterocycles. The van der Waals surface area contributed by atoms with E-state index < -0.39 is 11.9 Å². The fourth-order valence-electron chi connectivity index (χ4n) is 8.48. The predicted molar refractivity (Wildman–Crippen MR) is 231 cm³/mol. The van der Waals surface area contributed by atoms with E-state index in [1.807, 2.05) is 50.2 Å². The van der Waals surface area contributed by atoms with Crippen molar-refractivity contribution in [1.82, 2.24) is 24.7 Å². The van der Waals surface area contributed by atoms with Crippen molar-refractivity contribution < 1.29 is 24.3 Å². The van der Waals surface area contributed by atoms with Gasteiger partial charge in [-0.25, -0.2) is 4.79 Å². The second-order valence-corrected chi connectivity index (χ2v) is 15.6. The zero-order valence-corrected chi connectivity index (χ0v) is 34.1. The van der Waals surface area contributed by atoms with Gasteiger partial charge in [-0.2, -0.15) is 0 Å². The molecule has 2 fully saturated rings. The maximum Gasteiger partial charge on any atom is 0.329 e. The summed E-state index contributed by atoms with van der Waals surface area (Å²) in [5, 5.41) is 14.6. The van der Waals surface area contributed by atoms with Crippen molar-refractivity contribution in [3.63, 3.8) is 0 Å². The molecule has 2 atom stereocenters. The molecule has 2 saturated heterocycles. The van der Waals surface area contributed by atoms with Crippen molar-refractivity contribution in [3.8, 4) is 11.8 Å². The second-order valence-electron chi connectivity index (χ2n) is 15.6. The van der Waals surface area contributed by atoms with Crippen molar-refractivity contribution in [2.75, 3.05) is 25.4 Å². The van der Waals surface area contributed by atoms with Crippen LogP contribution in [-0.2, 0) is 27.9 Å². The Morgan fingerprint density at radius 1 is 0.966 bits per heavy atom. The highest BCUT2D eigenvalue weighted by Gasteiger charge is 2.31. The first-order chi connectivity index (χ1) is 28.5. The standard InChI is InChI=1S/C46H52N6O4.CH2O2/c1-30-16-20-35(47)29-39(30)44(54)48-31(2)36-21-19-33(37-13-7-8-14-38(36)37)18-17-32-24-27-51(28-25-32)26-9-5-4-6-11-34-12-10-15-40-43(34)50(3)46(56)52(40)41-22-23-42(53)49-45(41)55;2-1-3/h7-8,10,12-16,19-21,29,31-32,41H,4-6,9,11,22-28,47H2,1-3H3,(H,48,54)(H,49,53,55);1H,(H,2,3)/t31-,41?;/m1./s1. The molecule has 12 nitrogen and oxygen atoms in total. The highest BCUT2D eigenvalue weighted by molar-refractivity contribution is 6.00. The van der Waals surface area contributed by atoms with Crippen LogP contribution in [0, 0.1) is 24.7 Å². The van der Waals surface area contributed by atoms with Gasteiger partial charge in [-0.05, 0) is 124 Å². The van der Waals surface area contributed by atoms with E-state index in [4.69, 9.17) is 15.6 Å². The van der Waals surface area contributed by atoms with Gasteiger partial charge in [0.2, 0.25) is 11.8 Å². The lowest BCUT2D eigenvalue weighted by Gasteiger charge is -2.29. The lowest BCUT2D eigenvalue weighted by Crippen LogP contribution is -2.44. The number of carbonyl (C=O) groups is 4. The number of rotatable bonds is 11. The third-order valence-electron chi connectivity index (χ3n) is 11.7. The van der Waals surface area contributed by atoms with Crippen LogP contribution in [0.3, 0.4) is 0 Å². The summed E-state index contributed by atoms with van der Waals surface area (Å²) in [6, 6.07) is 23.0. The minimum Gasteiger partial charge on any atom is -0.483 e. The first-order valence-electron chi connectivity index (χ1n) is 20.5. The number of carbonyl (C=O) groups excluding carboxylic acids is 3. The molecule has 0 radical (unpaired) electrons. The number of aromatic nitrogens is 2. The molecule has 4 aromatic carbocycles. The van der Waals surface area contributed by atoms with Gasteiger partial charge < -0.3 is 21.1 Å². The maximum atomic E-state index is 13.2. The zero-order valence-electron chi connectivity index (χ0n) is 34.1. The Hall–Kier alpha value is -6.19. The highest BCUT2D eigenvalue weighted by Crippen LogP contribution is 2.29. The van der Waals surface area contributed by atoms with Gasteiger partial charge in [0.25, 0.3) is 12.4 Å². The monoisotopic (exact) mass is 798 g/mol. The van der Waals surface area contributed by atoms with Crippen molar-refractivity contribution in [2.45, 2.75) is 83.7 Å². The first-order valence-corrected chi connectivity index (χ1v) is 20.5. The number of nitrogens with one attached hydrogen (secondary N) is 2. The Morgan fingerprint density at radius 3 is 2.44 bits per heavy atom. The number of unbranched alkanes of at least 4 members (excludes halogenated alkanes) is 3. The molecule has 3 amide bonds. The van der Waals surface area contributed by atoms with Gasteiger partial charge in [-0.3, -0.25) is 33.6 Å². The number of imide groups is 1. The van der Waals surface area contributed by atoms with E-state index in [1.54, 1.807) is 22.2 Å². The highest BCUT2D eigenvalue weighted by atomic mass is 16.3. The number of imidazole rings is 1. The summed E-state index contributed by atoms with van der Waals surface area (Å²) < 4.78 is 3.21. The number of para-hydroxylation sites is 1. The van der Waals surface area contributed by atoms with E-state index >= 15 is 0 Å². The molecule has 1 aromatic heterocycles. The number of nitrogens with two attached hydrogens (primary N) is 1. The zero-order chi connectivity index (χ0) is 42.1. The smallest absolute Gasteiger partial charge is 0.329 e. The van der Waals surface area contributed by atoms with Gasteiger partial charge in [0.15, 0.2) is 0 Å². The Bertz CT molecular complexity index is 2470. The molecular weight excluding hydrogens is 745 g/mol. The van der Waals surface area contributed by atoms with E-state index in [0.29, 0.717) is 23.6 Å². The van der Waals surface area contributed by atoms with E-state index in [0.717, 1.165) is 109 Å². The average molecular weight is 799 g/mol. The van der Waals surface area contributed by atoms with E-state index in [1.165, 1.54) is 0 Å². The largest absolute Gasteiger partial charge is 0.483 e. The summed E-state index contributed by atoms with van der Waals surface area (Å²) in [6.07, 6.45) is 8.01. The number of nitrogens with zero attached hydrogens (tertiary/aromatic N) is 3. The molecule has 2 aliphatic rings. The van der Waals surface area contributed by atoms with Crippen LogP contribution in [-0.4, -0.2) is 63.0 Å². The van der Waals surface area contributed by atoms with Crippen LogP contribution in [0.4, 0.5) is 5.69 Å². The molecule has 0 saturated carbocycles. The average Bonchev–Trinajstić information content (AvgIpc) is 3.48. The molecule has 12 heteroatoms. The number of carboxylic acid groups (broad SMARTS) is 1. The molecule has 5 N–H and O–H groups in total. The Kier molecular flexibility index (Phi) is 14.0. The van der Waals surface area contributed by atoms with Crippen LogP contribution < -0.4 is 22.1 Å². The van der Waals surface area contributed by atoms with Gasteiger partial charge >= 0.3 is 5.69 Å². The number of hydrogen-bond acceptors (Lipinski definition) is 7. The van der Waals surface area contributed by atoms with Crippen molar-refractivity contribution >= 4 is 51.7 Å². The number of piperidine rings is 2.